The zero-order valence-corrected chi connectivity index (χ0v) is 17.1. The molecular weight excluding hydrogens is 406 g/mol. The number of likely N-dealkylation sites (N-methyl/N-ethyl adjacent to an activating group) is 1. The quantitative estimate of drug-likeness (QED) is 0.691. The van der Waals surface area contributed by atoms with Gasteiger partial charge in [-0.05, 0) is 55.8 Å². The number of rotatable bonds is 8. The van der Waals surface area contributed by atoms with Crippen LogP contribution in [0, 0.1) is 5.82 Å². The average Bonchev–Trinajstić information content (AvgIpc) is 2.66. The molecule has 2 rings (SSSR count). The number of carbonyl (C=O) groups is 2. The Kier molecular flexibility index (Phi) is 8.08. The number of benzene rings is 2. The minimum atomic E-state index is -0.740. The molecule has 0 saturated heterocycles. The Labute approximate surface area is 173 Å². The van der Waals surface area contributed by atoms with Crippen molar-refractivity contribution in [3.8, 4) is 5.75 Å². The summed E-state index contributed by atoms with van der Waals surface area (Å²) in [4.78, 5) is 26.5. The van der Waals surface area contributed by atoms with Gasteiger partial charge in [-0.15, -0.1) is 0 Å². The lowest BCUT2D eigenvalue weighted by Gasteiger charge is -2.29. The third kappa shape index (κ3) is 6.11. The van der Waals surface area contributed by atoms with E-state index in [1.54, 1.807) is 32.0 Å². The Hall–Kier alpha value is -2.31. The average molecular weight is 427 g/mol. The smallest absolute Gasteiger partial charge is 0.261 e. The van der Waals surface area contributed by atoms with Gasteiger partial charge in [-0.3, -0.25) is 9.59 Å². The standard InChI is InChI=1S/C20H21Cl2FN2O3/c1-3-24-20(27)13(2)25(11-14-4-5-15(21)10-18(14)22)19(26)12-28-17-8-6-16(23)7-9-17/h4-10,13H,3,11-12H2,1-2H3,(H,24,27)/t13-/m0/s1. The molecule has 1 atom stereocenters. The number of carbonyl (C=O) groups excluding carboxylic acids is 2. The van der Waals surface area contributed by atoms with Crippen molar-refractivity contribution in [1.29, 1.82) is 0 Å². The van der Waals surface area contributed by atoms with E-state index in [2.05, 4.69) is 5.32 Å². The van der Waals surface area contributed by atoms with Gasteiger partial charge >= 0.3 is 0 Å². The lowest BCUT2D eigenvalue weighted by atomic mass is 10.1. The zero-order valence-electron chi connectivity index (χ0n) is 15.5. The summed E-state index contributed by atoms with van der Waals surface area (Å²) in [5, 5.41) is 3.57. The molecule has 2 aromatic carbocycles. The molecule has 8 heteroatoms. The van der Waals surface area contributed by atoms with Gasteiger partial charge in [0.2, 0.25) is 5.91 Å². The fourth-order valence-corrected chi connectivity index (χ4v) is 2.97. The van der Waals surface area contributed by atoms with Crippen molar-refractivity contribution in [2.75, 3.05) is 13.2 Å². The van der Waals surface area contributed by atoms with Gasteiger partial charge in [0.15, 0.2) is 6.61 Å². The van der Waals surface area contributed by atoms with Crippen LogP contribution >= 0.6 is 23.2 Å². The molecule has 5 nitrogen and oxygen atoms in total. The van der Waals surface area contributed by atoms with Crippen molar-refractivity contribution in [3.05, 3.63) is 63.9 Å². The highest BCUT2D eigenvalue weighted by atomic mass is 35.5. The third-order valence-electron chi connectivity index (χ3n) is 4.05. The zero-order chi connectivity index (χ0) is 20.7. The molecule has 1 N–H and O–H groups in total. The van der Waals surface area contributed by atoms with Crippen molar-refractivity contribution >= 4 is 35.0 Å². The Morgan fingerprint density at radius 3 is 2.46 bits per heavy atom. The molecule has 0 saturated carbocycles. The summed E-state index contributed by atoms with van der Waals surface area (Å²) >= 11 is 12.1. The highest BCUT2D eigenvalue weighted by Crippen LogP contribution is 2.23. The second-order valence-corrected chi connectivity index (χ2v) is 6.91. The maximum Gasteiger partial charge on any atom is 0.261 e. The van der Waals surface area contributed by atoms with Crippen LogP contribution in [0.4, 0.5) is 4.39 Å². The number of ether oxygens (including phenoxy) is 1. The molecular formula is C20H21Cl2FN2O3. The molecule has 0 spiro atoms. The van der Waals surface area contributed by atoms with Crippen molar-refractivity contribution in [1.82, 2.24) is 10.2 Å². The van der Waals surface area contributed by atoms with Crippen LogP contribution in [0.15, 0.2) is 42.5 Å². The van der Waals surface area contributed by atoms with Crippen molar-refractivity contribution < 1.29 is 18.7 Å². The highest BCUT2D eigenvalue weighted by Gasteiger charge is 2.26. The number of amides is 2. The first kappa shape index (κ1) is 22.0. The SMILES string of the molecule is CCNC(=O)[C@H](C)N(Cc1ccc(Cl)cc1Cl)C(=O)COc1ccc(F)cc1. The van der Waals surface area contributed by atoms with Crippen LogP contribution in [-0.2, 0) is 16.1 Å². The van der Waals surface area contributed by atoms with Crippen molar-refractivity contribution in [3.63, 3.8) is 0 Å². The van der Waals surface area contributed by atoms with E-state index in [4.69, 9.17) is 27.9 Å². The predicted molar refractivity (Wildman–Crippen MR) is 107 cm³/mol. The number of hydrogen-bond acceptors (Lipinski definition) is 3. The lowest BCUT2D eigenvalue weighted by molar-refractivity contribution is -0.142. The van der Waals surface area contributed by atoms with E-state index >= 15 is 0 Å². The molecule has 0 aliphatic carbocycles. The molecule has 0 bridgehead atoms. The van der Waals surface area contributed by atoms with Gasteiger partial charge < -0.3 is 15.0 Å². The van der Waals surface area contributed by atoms with Crippen LogP contribution in [0.5, 0.6) is 5.75 Å². The topological polar surface area (TPSA) is 58.6 Å². The monoisotopic (exact) mass is 426 g/mol. The van der Waals surface area contributed by atoms with Gasteiger partial charge in [-0.1, -0.05) is 29.3 Å². The van der Waals surface area contributed by atoms with E-state index in [1.165, 1.54) is 29.2 Å². The Bertz CT molecular complexity index is 831. The van der Waals surface area contributed by atoms with E-state index < -0.39 is 17.8 Å². The normalized spacial score (nSPS) is 11.6. The molecule has 150 valence electrons. The first-order valence-corrected chi connectivity index (χ1v) is 9.47. The second kappa shape index (κ2) is 10.3. The van der Waals surface area contributed by atoms with Crippen LogP contribution in [0.2, 0.25) is 10.0 Å². The van der Waals surface area contributed by atoms with Gasteiger partial charge in [-0.2, -0.15) is 0 Å². The summed E-state index contributed by atoms with van der Waals surface area (Å²) in [6.45, 7) is 3.68. The van der Waals surface area contributed by atoms with Gasteiger partial charge in [0.25, 0.3) is 5.91 Å². The minimum Gasteiger partial charge on any atom is -0.484 e. The van der Waals surface area contributed by atoms with Crippen LogP contribution < -0.4 is 10.1 Å². The minimum absolute atomic E-state index is 0.111. The van der Waals surface area contributed by atoms with E-state index in [9.17, 15) is 14.0 Å². The van der Waals surface area contributed by atoms with Gasteiger partial charge in [-0.25, -0.2) is 4.39 Å². The molecule has 0 aliphatic heterocycles. The molecule has 0 heterocycles. The fourth-order valence-electron chi connectivity index (χ4n) is 2.50. The Balaban J connectivity index is 2.17. The first-order chi connectivity index (χ1) is 13.3. The Morgan fingerprint density at radius 2 is 1.86 bits per heavy atom. The van der Waals surface area contributed by atoms with Crippen molar-refractivity contribution in [2.45, 2.75) is 26.4 Å². The summed E-state index contributed by atoms with van der Waals surface area (Å²) in [6, 6.07) is 9.54. The van der Waals surface area contributed by atoms with Crippen LogP contribution in [0.25, 0.3) is 0 Å². The van der Waals surface area contributed by atoms with Crippen LogP contribution in [0.1, 0.15) is 19.4 Å². The molecule has 2 amide bonds. The summed E-state index contributed by atoms with van der Waals surface area (Å²) in [5.74, 6) is -0.746. The maximum atomic E-state index is 13.0. The molecule has 0 fully saturated rings. The van der Waals surface area contributed by atoms with E-state index in [-0.39, 0.29) is 19.1 Å². The fraction of sp³-hybridized carbons (Fsp3) is 0.300. The number of halogens is 3. The van der Waals surface area contributed by atoms with Gasteiger partial charge in [0, 0.05) is 23.1 Å². The largest absolute Gasteiger partial charge is 0.484 e. The highest BCUT2D eigenvalue weighted by molar-refractivity contribution is 6.35. The summed E-state index contributed by atoms with van der Waals surface area (Å²) in [5.41, 5.74) is 0.650. The van der Waals surface area contributed by atoms with Crippen molar-refractivity contribution in [2.24, 2.45) is 0 Å². The second-order valence-electron chi connectivity index (χ2n) is 6.07. The number of nitrogens with zero attached hydrogens (tertiary/aromatic N) is 1. The van der Waals surface area contributed by atoms with E-state index in [0.29, 0.717) is 27.9 Å². The molecule has 0 aromatic heterocycles. The maximum absolute atomic E-state index is 13.0. The van der Waals surface area contributed by atoms with Gasteiger partial charge in [0.05, 0.1) is 0 Å². The summed E-state index contributed by atoms with van der Waals surface area (Å²) in [7, 11) is 0. The first-order valence-electron chi connectivity index (χ1n) is 8.71. The van der Waals surface area contributed by atoms with Crippen LogP contribution in [0.3, 0.4) is 0 Å². The predicted octanol–water partition coefficient (Wildman–Crippen LogP) is 4.06. The molecule has 28 heavy (non-hydrogen) atoms. The molecule has 0 aliphatic rings. The van der Waals surface area contributed by atoms with Crippen LogP contribution in [-0.4, -0.2) is 35.9 Å². The van der Waals surface area contributed by atoms with Gasteiger partial charge in [0.1, 0.15) is 17.6 Å². The Morgan fingerprint density at radius 1 is 1.18 bits per heavy atom. The number of hydrogen-bond donors (Lipinski definition) is 1. The third-order valence-corrected chi connectivity index (χ3v) is 4.64. The molecule has 2 aromatic rings. The summed E-state index contributed by atoms with van der Waals surface area (Å²) in [6.07, 6.45) is 0. The van der Waals surface area contributed by atoms with E-state index in [0.717, 1.165) is 0 Å². The molecule has 0 unspecified atom stereocenters. The lowest BCUT2D eigenvalue weighted by Crippen LogP contribution is -2.49. The summed E-state index contributed by atoms with van der Waals surface area (Å²) < 4.78 is 18.4. The number of nitrogens with one attached hydrogen (secondary N) is 1. The van der Waals surface area contributed by atoms with E-state index in [1.807, 2.05) is 0 Å². The molecule has 0 radical (unpaired) electrons.